The molecule has 174 valence electrons. The molecule has 0 saturated heterocycles. The molecule has 1 heterocycles. The highest BCUT2D eigenvalue weighted by Gasteiger charge is 2.62. The molecule has 5 nitrogen and oxygen atoms in total. The molecule has 1 aliphatic rings. The first-order valence-electron chi connectivity index (χ1n) is 9.72. The van der Waals surface area contributed by atoms with Gasteiger partial charge in [-0.25, -0.2) is 18.7 Å². The Morgan fingerprint density at radius 1 is 1.24 bits per heavy atom. The maximum atomic E-state index is 14.3. The molecule has 0 spiro atoms. The molecule has 11 heteroatoms. The molecular weight excluding hydrogens is 469 g/mol. The summed E-state index contributed by atoms with van der Waals surface area (Å²) in [4.78, 5) is 8.10. The van der Waals surface area contributed by atoms with Crippen LogP contribution in [0.4, 0.5) is 27.6 Å². The van der Waals surface area contributed by atoms with E-state index < -0.39 is 46.6 Å². The third kappa shape index (κ3) is 3.67. The first kappa shape index (κ1) is 23.2. The number of halogens is 6. The summed E-state index contributed by atoms with van der Waals surface area (Å²) < 4.78 is 71.3. The Kier molecular flexibility index (Phi) is 5.49. The van der Waals surface area contributed by atoms with Gasteiger partial charge in [-0.1, -0.05) is 17.7 Å². The van der Waals surface area contributed by atoms with Crippen LogP contribution in [-0.2, 0) is 0 Å². The monoisotopic (exact) mass is 485 g/mol. The summed E-state index contributed by atoms with van der Waals surface area (Å²) in [5.41, 5.74) is -4.06. The number of nitrogens with zero attached hydrogens (tertiary/aromatic N) is 2. The topological polar surface area (TPSA) is 78.3 Å². The van der Waals surface area contributed by atoms with Gasteiger partial charge < -0.3 is 15.5 Å². The zero-order valence-electron chi connectivity index (χ0n) is 17.2. The third-order valence-electron chi connectivity index (χ3n) is 5.72. The number of aromatic hydroxyl groups is 1. The minimum absolute atomic E-state index is 0.126. The molecule has 1 aliphatic carbocycles. The fraction of sp³-hybridized carbons (Fsp3) is 0.273. The zero-order chi connectivity index (χ0) is 24.3. The van der Waals surface area contributed by atoms with Crippen molar-refractivity contribution in [1.29, 1.82) is 0 Å². The van der Waals surface area contributed by atoms with Gasteiger partial charge in [-0.15, -0.1) is 0 Å². The molecule has 0 bridgehead atoms. The van der Waals surface area contributed by atoms with E-state index in [0.717, 1.165) is 18.2 Å². The maximum Gasteiger partial charge on any atom is 0.419 e. The lowest BCUT2D eigenvalue weighted by atomic mass is 9.72. The van der Waals surface area contributed by atoms with Crippen LogP contribution in [0.25, 0.3) is 16.5 Å². The standard InChI is InChI=1S/C22H17ClF5N3O2/c1-3-10-7-21(33,22(26,27)28)20(12-6-14(23)18(25)19(32)17(10)12)31-16-5-11(24)4-15-13(16)8-29-9(2)30-15/h3-6,8,20,31-33H,7H2,1-2H3/b10-3+/t20-,21-/m0/s1. The minimum atomic E-state index is -5.16. The van der Waals surface area contributed by atoms with Gasteiger partial charge >= 0.3 is 6.18 Å². The van der Waals surface area contributed by atoms with Crippen molar-refractivity contribution in [2.45, 2.75) is 38.1 Å². The number of nitrogens with one attached hydrogen (secondary N) is 1. The van der Waals surface area contributed by atoms with Crippen LogP contribution in [0.1, 0.15) is 36.3 Å². The average Bonchev–Trinajstić information content (AvgIpc) is 2.72. The molecule has 0 amide bonds. The second-order valence-electron chi connectivity index (χ2n) is 7.78. The fourth-order valence-electron chi connectivity index (χ4n) is 4.11. The molecule has 3 N–H and O–H groups in total. The van der Waals surface area contributed by atoms with Gasteiger partial charge in [-0.3, -0.25) is 0 Å². The van der Waals surface area contributed by atoms with Gasteiger partial charge in [0.15, 0.2) is 17.2 Å². The van der Waals surface area contributed by atoms with Gasteiger partial charge in [0.25, 0.3) is 0 Å². The van der Waals surface area contributed by atoms with Crippen molar-refractivity contribution in [3.8, 4) is 5.75 Å². The molecule has 4 rings (SSSR count). The van der Waals surface area contributed by atoms with Gasteiger partial charge in [-0.2, -0.15) is 13.2 Å². The largest absolute Gasteiger partial charge is 0.504 e. The lowest BCUT2D eigenvalue weighted by Crippen LogP contribution is -2.54. The number of anilines is 1. The minimum Gasteiger partial charge on any atom is -0.504 e. The third-order valence-corrected chi connectivity index (χ3v) is 5.99. The van der Waals surface area contributed by atoms with E-state index in [1.54, 1.807) is 6.92 Å². The van der Waals surface area contributed by atoms with E-state index in [1.165, 1.54) is 19.2 Å². The number of aliphatic hydroxyl groups is 1. The van der Waals surface area contributed by atoms with Crippen LogP contribution in [0.3, 0.4) is 0 Å². The summed E-state index contributed by atoms with van der Waals surface area (Å²) in [7, 11) is 0. The Morgan fingerprint density at radius 2 is 1.94 bits per heavy atom. The van der Waals surface area contributed by atoms with Crippen molar-refractivity contribution in [3.63, 3.8) is 0 Å². The first-order valence-corrected chi connectivity index (χ1v) is 10.1. The molecule has 0 aliphatic heterocycles. The zero-order valence-corrected chi connectivity index (χ0v) is 18.0. The average molecular weight is 486 g/mol. The number of allylic oxidation sites excluding steroid dienone is 1. The fourth-order valence-corrected chi connectivity index (χ4v) is 4.32. The van der Waals surface area contributed by atoms with Crippen LogP contribution in [0, 0.1) is 18.6 Å². The summed E-state index contributed by atoms with van der Waals surface area (Å²) in [6.07, 6.45) is -3.60. The van der Waals surface area contributed by atoms with Crippen molar-refractivity contribution >= 4 is 33.8 Å². The molecule has 1 aromatic heterocycles. The first-order chi connectivity index (χ1) is 15.4. The Labute approximate surface area is 189 Å². The Morgan fingerprint density at radius 3 is 2.58 bits per heavy atom. The quantitative estimate of drug-likeness (QED) is 0.398. The number of hydrogen-bond donors (Lipinski definition) is 3. The van der Waals surface area contributed by atoms with E-state index in [4.69, 9.17) is 11.6 Å². The highest BCUT2D eigenvalue weighted by Crippen LogP contribution is 2.55. The Hall–Kier alpha value is -2.98. The molecule has 2 aromatic carbocycles. The summed E-state index contributed by atoms with van der Waals surface area (Å²) in [5.74, 6) is -2.61. The van der Waals surface area contributed by atoms with Crippen LogP contribution in [0.2, 0.25) is 5.02 Å². The van der Waals surface area contributed by atoms with E-state index in [9.17, 15) is 32.2 Å². The molecule has 2 atom stereocenters. The lowest BCUT2D eigenvalue weighted by molar-refractivity contribution is -0.265. The van der Waals surface area contributed by atoms with Crippen LogP contribution in [0.15, 0.2) is 30.5 Å². The van der Waals surface area contributed by atoms with Crippen molar-refractivity contribution in [2.24, 2.45) is 0 Å². The number of fused-ring (bicyclic) bond motifs is 2. The number of phenols is 1. The van der Waals surface area contributed by atoms with Gasteiger partial charge in [0.2, 0.25) is 0 Å². The van der Waals surface area contributed by atoms with E-state index >= 15 is 0 Å². The van der Waals surface area contributed by atoms with E-state index in [1.807, 2.05) is 0 Å². The number of hydrogen-bond acceptors (Lipinski definition) is 5. The highest BCUT2D eigenvalue weighted by molar-refractivity contribution is 6.31. The van der Waals surface area contributed by atoms with Crippen LogP contribution in [0.5, 0.6) is 5.75 Å². The molecule has 33 heavy (non-hydrogen) atoms. The van der Waals surface area contributed by atoms with Crippen LogP contribution < -0.4 is 5.32 Å². The van der Waals surface area contributed by atoms with E-state index in [2.05, 4.69) is 15.3 Å². The van der Waals surface area contributed by atoms with Gasteiger partial charge in [0.1, 0.15) is 11.6 Å². The molecule has 0 fully saturated rings. The van der Waals surface area contributed by atoms with Crippen LogP contribution >= 0.6 is 11.6 Å². The number of benzene rings is 2. The van der Waals surface area contributed by atoms with Gasteiger partial charge in [-0.05, 0) is 37.1 Å². The predicted molar refractivity (Wildman–Crippen MR) is 113 cm³/mol. The normalized spacial score (nSPS) is 22.0. The molecule has 3 aromatic rings. The van der Waals surface area contributed by atoms with Crippen molar-refractivity contribution in [3.05, 3.63) is 64.1 Å². The van der Waals surface area contributed by atoms with Crippen molar-refractivity contribution in [2.75, 3.05) is 5.32 Å². The van der Waals surface area contributed by atoms with E-state index in [0.29, 0.717) is 5.82 Å². The SMILES string of the molecule is C/C=C1\C[C@@](O)(C(F)(F)F)[C@@H](Nc2cc(F)cc3nc(C)ncc23)c2cc(Cl)c(F)c(O)c21. The smallest absolute Gasteiger partial charge is 0.419 e. The van der Waals surface area contributed by atoms with E-state index in [-0.39, 0.29) is 33.3 Å². The van der Waals surface area contributed by atoms with Gasteiger partial charge in [0, 0.05) is 35.3 Å². The number of aryl methyl sites for hydroxylation is 1. The lowest BCUT2D eigenvalue weighted by Gasteiger charge is -2.44. The summed E-state index contributed by atoms with van der Waals surface area (Å²) in [5, 5.41) is 23.4. The summed E-state index contributed by atoms with van der Waals surface area (Å²) >= 11 is 5.83. The highest BCUT2D eigenvalue weighted by atomic mass is 35.5. The van der Waals surface area contributed by atoms with Crippen LogP contribution in [-0.4, -0.2) is 32.0 Å². The number of rotatable bonds is 2. The number of alkyl halides is 3. The number of aromatic nitrogens is 2. The second-order valence-corrected chi connectivity index (χ2v) is 8.19. The van der Waals surface area contributed by atoms with Gasteiger partial charge in [0.05, 0.1) is 16.6 Å². The van der Waals surface area contributed by atoms with Crippen molar-refractivity contribution < 1.29 is 32.2 Å². The molecule has 0 radical (unpaired) electrons. The van der Waals surface area contributed by atoms with Crippen molar-refractivity contribution in [1.82, 2.24) is 9.97 Å². The Balaban J connectivity index is 2.01. The molecular formula is C22H17ClF5N3O2. The molecule has 0 unspecified atom stereocenters. The maximum absolute atomic E-state index is 14.3. The second kappa shape index (κ2) is 7.81. The molecule has 0 saturated carbocycles. The predicted octanol–water partition coefficient (Wildman–Crippen LogP) is 5.83. The summed E-state index contributed by atoms with van der Waals surface area (Å²) in [6.45, 7) is 2.96. The number of phenolic OH excluding ortho intramolecular Hbond substituents is 1. The summed E-state index contributed by atoms with van der Waals surface area (Å²) in [6, 6.07) is 0.959. The Bertz CT molecular complexity index is 1310.